The molecule has 0 bridgehead atoms. The van der Waals surface area contributed by atoms with Crippen molar-refractivity contribution in [2.75, 3.05) is 12.4 Å². The number of phenols is 1. The van der Waals surface area contributed by atoms with Gasteiger partial charge >= 0.3 is 5.97 Å². The van der Waals surface area contributed by atoms with Crippen LogP contribution in [0.4, 0.5) is 0 Å². The Morgan fingerprint density at radius 1 is 1.46 bits per heavy atom. The Kier molecular flexibility index (Phi) is 6.27. The Balaban J connectivity index is 2.19. The van der Waals surface area contributed by atoms with E-state index in [4.69, 9.17) is 4.74 Å². The number of hydrogen-bond donors (Lipinski definition) is 2. The summed E-state index contributed by atoms with van der Waals surface area (Å²) in [6, 6.07) is 8.55. The highest BCUT2D eigenvalue weighted by Crippen LogP contribution is 2.36. The van der Waals surface area contributed by atoms with Gasteiger partial charge in [-0.3, -0.25) is 9.59 Å². The molecule has 1 atom stereocenters. The van der Waals surface area contributed by atoms with E-state index in [1.54, 1.807) is 12.1 Å². The molecule has 1 aliphatic heterocycles. The molecule has 1 aromatic carbocycles. The second kappa shape index (κ2) is 8.41. The van der Waals surface area contributed by atoms with E-state index in [-0.39, 0.29) is 29.8 Å². The van der Waals surface area contributed by atoms with Gasteiger partial charge in [0.05, 0.1) is 29.0 Å². The normalized spacial score (nSPS) is 17.2. The number of thioether (sulfide) groups is 1. The first-order valence-corrected chi connectivity index (χ1v) is 8.55. The molecule has 2 rings (SSSR count). The number of allylic oxidation sites excluding steroid dienone is 1. The Hall–Kier alpha value is -2.46. The van der Waals surface area contributed by atoms with Gasteiger partial charge in [0.15, 0.2) is 0 Å². The quantitative estimate of drug-likeness (QED) is 0.768. The lowest BCUT2D eigenvalue weighted by atomic mass is 9.87. The van der Waals surface area contributed by atoms with Gasteiger partial charge in [-0.15, -0.1) is 0 Å². The molecular weight excluding hydrogens is 328 g/mol. The van der Waals surface area contributed by atoms with Crippen LogP contribution in [0.25, 0.3) is 0 Å². The highest BCUT2D eigenvalue weighted by molar-refractivity contribution is 8.03. The second-order valence-electron chi connectivity index (χ2n) is 5.26. The molecule has 1 aliphatic rings. The Labute approximate surface area is 144 Å². The van der Waals surface area contributed by atoms with Crippen LogP contribution in [0, 0.1) is 11.3 Å². The lowest BCUT2D eigenvalue weighted by Crippen LogP contribution is -2.31. The van der Waals surface area contributed by atoms with Crippen LogP contribution in [0.3, 0.4) is 0 Å². The summed E-state index contributed by atoms with van der Waals surface area (Å²) >= 11 is 1.10. The van der Waals surface area contributed by atoms with Crippen LogP contribution in [0.1, 0.15) is 31.2 Å². The Morgan fingerprint density at radius 3 is 2.79 bits per heavy atom. The molecular formula is C17H18N2O4S. The number of ether oxygens (including phenoxy) is 1. The molecule has 0 aliphatic carbocycles. The summed E-state index contributed by atoms with van der Waals surface area (Å²) in [5.74, 6) is -0.833. The Morgan fingerprint density at radius 2 is 2.17 bits per heavy atom. The van der Waals surface area contributed by atoms with E-state index in [0.717, 1.165) is 23.7 Å². The van der Waals surface area contributed by atoms with Gasteiger partial charge < -0.3 is 15.2 Å². The van der Waals surface area contributed by atoms with Gasteiger partial charge in [-0.2, -0.15) is 5.26 Å². The lowest BCUT2D eigenvalue weighted by molar-refractivity contribution is -0.140. The topological polar surface area (TPSA) is 99.4 Å². The lowest BCUT2D eigenvalue weighted by Gasteiger charge is -2.25. The van der Waals surface area contributed by atoms with E-state index in [1.807, 2.05) is 6.92 Å². The summed E-state index contributed by atoms with van der Waals surface area (Å²) in [7, 11) is 0. The van der Waals surface area contributed by atoms with Gasteiger partial charge in [-0.25, -0.2) is 0 Å². The van der Waals surface area contributed by atoms with Crippen molar-refractivity contribution >= 4 is 23.6 Å². The van der Waals surface area contributed by atoms with Crippen molar-refractivity contribution in [2.24, 2.45) is 0 Å². The van der Waals surface area contributed by atoms with E-state index in [2.05, 4.69) is 11.4 Å². The van der Waals surface area contributed by atoms with Crippen molar-refractivity contribution < 1.29 is 19.4 Å². The first kappa shape index (κ1) is 17.9. The zero-order chi connectivity index (χ0) is 17.5. The van der Waals surface area contributed by atoms with Gasteiger partial charge in [0, 0.05) is 12.3 Å². The molecule has 1 aromatic rings. The maximum Gasteiger partial charge on any atom is 0.316 e. The number of aromatic hydroxyl groups is 1. The summed E-state index contributed by atoms with van der Waals surface area (Å²) in [4.78, 5) is 23.6. The van der Waals surface area contributed by atoms with Gasteiger partial charge in [0.2, 0.25) is 5.91 Å². The van der Waals surface area contributed by atoms with E-state index in [0.29, 0.717) is 17.2 Å². The molecule has 2 N–H and O–H groups in total. The highest BCUT2D eigenvalue weighted by atomic mass is 32.2. The number of rotatable bonds is 6. The Bertz CT molecular complexity index is 692. The molecule has 0 radical (unpaired) electrons. The van der Waals surface area contributed by atoms with Crippen LogP contribution >= 0.6 is 11.8 Å². The highest BCUT2D eigenvalue weighted by Gasteiger charge is 2.29. The minimum Gasteiger partial charge on any atom is -0.508 e. The molecule has 0 spiro atoms. The zero-order valence-corrected chi connectivity index (χ0v) is 14.1. The van der Waals surface area contributed by atoms with Crippen LogP contribution in [-0.2, 0) is 14.3 Å². The summed E-state index contributed by atoms with van der Waals surface area (Å²) < 4.78 is 5.00. The van der Waals surface area contributed by atoms with Crippen LogP contribution < -0.4 is 5.32 Å². The van der Waals surface area contributed by atoms with Gasteiger partial charge in [0.1, 0.15) is 5.75 Å². The number of nitriles is 1. The predicted molar refractivity (Wildman–Crippen MR) is 90.0 cm³/mol. The largest absolute Gasteiger partial charge is 0.508 e. The summed E-state index contributed by atoms with van der Waals surface area (Å²) in [6.07, 6.45) is 0.889. The van der Waals surface area contributed by atoms with Crippen molar-refractivity contribution in [1.29, 1.82) is 5.26 Å². The smallest absolute Gasteiger partial charge is 0.316 e. The van der Waals surface area contributed by atoms with E-state index < -0.39 is 5.92 Å². The molecule has 1 heterocycles. The number of benzene rings is 1. The summed E-state index contributed by atoms with van der Waals surface area (Å²) in [6.45, 7) is 2.26. The number of carbonyl (C=O) groups is 2. The van der Waals surface area contributed by atoms with Crippen molar-refractivity contribution in [2.45, 2.75) is 25.7 Å². The van der Waals surface area contributed by atoms with Gasteiger partial charge in [0.25, 0.3) is 0 Å². The third kappa shape index (κ3) is 4.52. The van der Waals surface area contributed by atoms with Crippen LogP contribution in [-0.4, -0.2) is 29.3 Å². The monoisotopic (exact) mass is 346 g/mol. The third-order valence-corrected chi connectivity index (χ3v) is 4.44. The van der Waals surface area contributed by atoms with E-state index in [1.165, 1.54) is 12.1 Å². The van der Waals surface area contributed by atoms with E-state index >= 15 is 0 Å². The molecule has 1 amide bonds. The average Bonchev–Trinajstić information content (AvgIpc) is 2.58. The molecule has 24 heavy (non-hydrogen) atoms. The molecule has 0 fully saturated rings. The zero-order valence-electron chi connectivity index (χ0n) is 13.2. The standard InChI is InChI=1S/C17H18N2O4S/c1-2-7-23-16(22)10-24-17-14(9-18)13(8-15(21)19-17)11-3-5-12(20)6-4-11/h3-6,13,20H,2,7-8,10H2,1H3,(H,19,21)/t13-/m1/s1. The number of amides is 1. The van der Waals surface area contributed by atoms with Crippen molar-refractivity contribution in [1.82, 2.24) is 5.32 Å². The second-order valence-corrected chi connectivity index (χ2v) is 6.25. The van der Waals surface area contributed by atoms with Gasteiger partial charge in [-0.1, -0.05) is 30.8 Å². The van der Waals surface area contributed by atoms with Crippen LogP contribution in [0.5, 0.6) is 5.75 Å². The van der Waals surface area contributed by atoms with Crippen molar-refractivity contribution in [3.63, 3.8) is 0 Å². The molecule has 126 valence electrons. The predicted octanol–water partition coefficient (Wildman–Crippen LogP) is 2.42. The molecule has 0 saturated heterocycles. The maximum absolute atomic E-state index is 12.0. The number of nitrogens with zero attached hydrogens (tertiary/aromatic N) is 1. The third-order valence-electron chi connectivity index (χ3n) is 3.45. The molecule has 0 saturated carbocycles. The van der Waals surface area contributed by atoms with Crippen molar-refractivity contribution in [3.8, 4) is 11.8 Å². The molecule has 6 nitrogen and oxygen atoms in total. The number of carbonyl (C=O) groups excluding carboxylic acids is 2. The minimum absolute atomic E-state index is 0.0308. The molecule has 7 heteroatoms. The number of phenolic OH excluding ortho intramolecular Hbond substituents is 1. The number of nitrogens with one attached hydrogen (secondary N) is 1. The fourth-order valence-electron chi connectivity index (χ4n) is 2.31. The van der Waals surface area contributed by atoms with Crippen molar-refractivity contribution in [3.05, 3.63) is 40.4 Å². The maximum atomic E-state index is 12.0. The fraction of sp³-hybridized carbons (Fsp3) is 0.353. The van der Waals surface area contributed by atoms with E-state index in [9.17, 15) is 20.0 Å². The number of hydrogen-bond acceptors (Lipinski definition) is 6. The average molecular weight is 346 g/mol. The summed E-state index contributed by atoms with van der Waals surface area (Å²) in [5, 5.41) is 21.9. The van der Waals surface area contributed by atoms with Crippen LogP contribution in [0.2, 0.25) is 0 Å². The SMILES string of the molecule is CCCOC(=O)CSC1=C(C#N)[C@@H](c2ccc(O)cc2)CC(=O)N1. The summed E-state index contributed by atoms with van der Waals surface area (Å²) in [5.41, 5.74) is 1.18. The molecule has 0 unspecified atom stereocenters. The molecule has 0 aromatic heterocycles. The number of esters is 1. The fourth-order valence-corrected chi connectivity index (χ4v) is 3.19. The first-order valence-electron chi connectivity index (χ1n) is 7.56. The minimum atomic E-state index is -0.390. The first-order chi connectivity index (χ1) is 11.5. The van der Waals surface area contributed by atoms with Crippen LogP contribution in [0.15, 0.2) is 34.9 Å². The van der Waals surface area contributed by atoms with Gasteiger partial charge in [-0.05, 0) is 24.1 Å².